The zero-order valence-electron chi connectivity index (χ0n) is 9.92. The van der Waals surface area contributed by atoms with Crippen molar-refractivity contribution in [3.05, 3.63) is 53.3 Å². The molecule has 0 unspecified atom stereocenters. The molecule has 0 aliphatic rings. The van der Waals surface area contributed by atoms with E-state index in [0.717, 1.165) is 21.8 Å². The minimum Gasteiger partial charge on any atom is -0.354 e. The van der Waals surface area contributed by atoms with Crippen LogP contribution in [0.5, 0.6) is 0 Å². The molecule has 90 valence electrons. The van der Waals surface area contributed by atoms with E-state index < -0.39 is 0 Å². The molecule has 0 bridgehead atoms. The van der Waals surface area contributed by atoms with Crippen molar-refractivity contribution in [1.82, 2.24) is 15.0 Å². The molecule has 0 atom stereocenters. The minimum absolute atomic E-state index is 0.570. The molecule has 0 aliphatic carbocycles. The molecule has 0 spiro atoms. The Morgan fingerprint density at radius 1 is 1.00 bits per heavy atom. The highest BCUT2D eigenvalue weighted by molar-refractivity contribution is 7.71. The molecule has 0 saturated carbocycles. The van der Waals surface area contributed by atoms with Crippen molar-refractivity contribution in [2.45, 2.75) is 0 Å². The second-order valence-corrected chi connectivity index (χ2v) is 4.88. The fourth-order valence-electron chi connectivity index (χ4n) is 2.36. The van der Waals surface area contributed by atoms with Crippen LogP contribution in [0.2, 0.25) is 0 Å². The standard InChI is InChI=1S/C15H9N3S/c19-13-6-5-11-14-10(8-16-15(11)18-13)7-9-3-1-2-4-12(9)17-14/h1-8,17H. The van der Waals surface area contributed by atoms with Gasteiger partial charge in [0.05, 0.1) is 5.52 Å². The van der Waals surface area contributed by atoms with Crippen molar-refractivity contribution < 1.29 is 0 Å². The van der Waals surface area contributed by atoms with Crippen molar-refractivity contribution in [3.8, 4) is 0 Å². The second kappa shape index (κ2) is 3.83. The molecule has 19 heavy (non-hydrogen) atoms. The van der Waals surface area contributed by atoms with Crippen LogP contribution in [0.4, 0.5) is 0 Å². The molecule has 4 rings (SSSR count). The Bertz CT molecular complexity index is 989. The van der Waals surface area contributed by atoms with Crippen LogP contribution in [0, 0.1) is 4.64 Å². The Morgan fingerprint density at radius 3 is 2.84 bits per heavy atom. The number of aromatic amines is 1. The van der Waals surface area contributed by atoms with Gasteiger partial charge in [0.2, 0.25) is 0 Å². The van der Waals surface area contributed by atoms with Crippen LogP contribution in [0.1, 0.15) is 0 Å². The lowest BCUT2D eigenvalue weighted by Gasteiger charge is -2.05. The summed E-state index contributed by atoms with van der Waals surface area (Å²) in [4.78, 5) is 12.1. The molecular formula is C15H9N3S. The minimum atomic E-state index is 0.570. The molecule has 0 fully saturated rings. The first-order valence-electron chi connectivity index (χ1n) is 5.99. The van der Waals surface area contributed by atoms with Crippen LogP contribution in [0.25, 0.3) is 32.8 Å². The molecule has 3 nitrogen and oxygen atoms in total. The Morgan fingerprint density at radius 2 is 1.89 bits per heavy atom. The summed E-state index contributed by atoms with van der Waals surface area (Å²) in [5.41, 5.74) is 2.84. The third-order valence-electron chi connectivity index (χ3n) is 3.26. The fourth-order valence-corrected chi connectivity index (χ4v) is 2.52. The molecule has 3 heterocycles. The first kappa shape index (κ1) is 10.6. The van der Waals surface area contributed by atoms with Gasteiger partial charge in [-0.05, 0) is 29.7 Å². The lowest BCUT2D eigenvalue weighted by molar-refractivity contribution is 1.28. The molecule has 3 aromatic heterocycles. The van der Waals surface area contributed by atoms with Gasteiger partial charge in [-0.25, -0.2) is 9.97 Å². The summed E-state index contributed by atoms with van der Waals surface area (Å²) in [6, 6.07) is 14.1. The van der Waals surface area contributed by atoms with Gasteiger partial charge in [0.25, 0.3) is 0 Å². The van der Waals surface area contributed by atoms with E-state index >= 15 is 0 Å². The number of hydrogen-bond acceptors (Lipinski definition) is 3. The van der Waals surface area contributed by atoms with Gasteiger partial charge in [-0.3, -0.25) is 0 Å². The molecule has 1 aromatic carbocycles. The summed E-state index contributed by atoms with van der Waals surface area (Å²) in [5.74, 6) is 0. The molecule has 1 N–H and O–H groups in total. The van der Waals surface area contributed by atoms with E-state index in [-0.39, 0.29) is 0 Å². The molecule has 4 aromatic rings. The van der Waals surface area contributed by atoms with Crippen molar-refractivity contribution >= 4 is 45.1 Å². The molecule has 0 saturated heterocycles. The van der Waals surface area contributed by atoms with Gasteiger partial charge in [-0.15, -0.1) is 0 Å². The molecule has 4 heteroatoms. The summed E-state index contributed by atoms with van der Waals surface area (Å²) < 4.78 is 0.570. The number of H-pyrrole nitrogens is 1. The summed E-state index contributed by atoms with van der Waals surface area (Å²) in [5, 5.41) is 3.24. The average Bonchev–Trinajstić information content (AvgIpc) is 2.44. The first-order valence-corrected chi connectivity index (χ1v) is 6.40. The van der Waals surface area contributed by atoms with E-state index in [9.17, 15) is 0 Å². The quantitative estimate of drug-likeness (QED) is 0.296. The third kappa shape index (κ3) is 1.61. The van der Waals surface area contributed by atoms with Gasteiger partial charge in [-0.1, -0.05) is 30.4 Å². The molecule has 0 radical (unpaired) electrons. The van der Waals surface area contributed by atoms with Gasteiger partial charge in [0, 0.05) is 22.5 Å². The topological polar surface area (TPSA) is 41.6 Å². The van der Waals surface area contributed by atoms with Crippen LogP contribution in [-0.2, 0) is 0 Å². The highest BCUT2D eigenvalue weighted by Gasteiger charge is 2.04. The number of nitrogens with one attached hydrogen (secondary N) is 1. The zero-order valence-corrected chi connectivity index (χ0v) is 10.7. The largest absolute Gasteiger partial charge is 0.354 e. The highest BCUT2D eigenvalue weighted by Crippen LogP contribution is 2.24. The smallest absolute Gasteiger partial charge is 0.162 e. The van der Waals surface area contributed by atoms with Gasteiger partial charge in [-0.2, -0.15) is 0 Å². The Hall–Kier alpha value is -2.33. The number of fused-ring (bicyclic) bond motifs is 4. The Balaban J connectivity index is 2.25. The van der Waals surface area contributed by atoms with Crippen molar-refractivity contribution in [2.75, 3.05) is 0 Å². The van der Waals surface area contributed by atoms with Crippen LogP contribution in [0.3, 0.4) is 0 Å². The number of rotatable bonds is 0. The highest BCUT2D eigenvalue weighted by atomic mass is 32.1. The monoisotopic (exact) mass is 263 g/mol. The van der Waals surface area contributed by atoms with E-state index in [0.29, 0.717) is 10.3 Å². The molecule has 0 aliphatic heterocycles. The Kier molecular flexibility index (Phi) is 2.13. The first-order chi connectivity index (χ1) is 9.31. The van der Waals surface area contributed by atoms with E-state index in [1.807, 2.05) is 30.5 Å². The van der Waals surface area contributed by atoms with Crippen LogP contribution >= 0.6 is 12.2 Å². The van der Waals surface area contributed by atoms with Crippen molar-refractivity contribution in [1.29, 1.82) is 0 Å². The maximum absolute atomic E-state index is 5.08. The number of hydrogen-bond donors (Lipinski definition) is 1. The second-order valence-electron chi connectivity index (χ2n) is 4.47. The van der Waals surface area contributed by atoms with Gasteiger partial charge in [0.15, 0.2) is 5.65 Å². The lowest BCUT2D eigenvalue weighted by atomic mass is 10.1. The van der Waals surface area contributed by atoms with E-state index in [4.69, 9.17) is 12.2 Å². The van der Waals surface area contributed by atoms with Crippen molar-refractivity contribution in [2.24, 2.45) is 0 Å². The number of para-hydroxylation sites is 1. The summed E-state index contributed by atoms with van der Waals surface area (Å²) in [7, 11) is 0. The van der Waals surface area contributed by atoms with E-state index in [2.05, 4.69) is 33.2 Å². The molecule has 0 amide bonds. The number of nitrogens with zero attached hydrogens (tertiary/aromatic N) is 2. The van der Waals surface area contributed by atoms with E-state index in [1.54, 1.807) is 0 Å². The average molecular weight is 263 g/mol. The summed E-state index contributed by atoms with van der Waals surface area (Å²) in [6.07, 6.45) is 1.84. The Labute approximate surface area is 113 Å². The fraction of sp³-hybridized carbons (Fsp3) is 0. The SMILES string of the molecule is S=c1ccc2c(ncc3cc4ccccc4[nH]c32)n1. The predicted molar refractivity (Wildman–Crippen MR) is 79.7 cm³/mol. The maximum atomic E-state index is 5.08. The van der Waals surface area contributed by atoms with Crippen LogP contribution < -0.4 is 0 Å². The van der Waals surface area contributed by atoms with Gasteiger partial charge < -0.3 is 4.98 Å². The molecular weight excluding hydrogens is 254 g/mol. The van der Waals surface area contributed by atoms with Crippen molar-refractivity contribution in [3.63, 3.8) is 0 Å². The third-order valence-corrected chi connectivity index (χ3v) is 3.49. The summed E-state index contributed by atoms with van der Waals surface area (Å²) >= 11 is 5.08. The van der Waals surface area contributed by atoms with Crippen LogP contribution in [-0.4, -0.2) is 15.0 Å². The van der Waals surface area contributed by atoms with Gasteiger partial charge in [0.1, 0.15) is 4.64 Å². The van der Waals surface area contributed by atoms with E-state index in [1.165, 1.54) is 5.39 Å². The summed E-state index contributed by atoms with van der Waals surface area (Å²) in [6.45, 7) is 0. The number of pyridine rings is 3. The lowest BCUT2D eigenvalue weighted by Crippen LogP contribution is -1.89. The number of benzene rings is 1. The van der Waals surface area contributed by atoms with Crippen LogP contribution in [0.15, 0.2) is 48.7 Å². The predicted octanol–water partition coefficient (Wildman–Crippen LogP) is 3.99. The zero-order chi connectivity index (χ0) is 12.8. The van der Waals surface area contributed by atoms with Gasteiger partial charge >= 0.3 is 0 Å². The number of aromatic nitrogens is 3. The maximum Gasteiger partial charge on any atom is 0.162 e. The normalized spacial score (nSPS) is 11.4.